The summed E-state index contributed by atoms with van der Waals surface area (Å²) in [5, 5.41) is 11.7. The Morgan fingerprint density at radius 1 is 1.00 bits per heavy atom. The van der Waals surface area contributed by atoms with Gasteiger partial charge in [-0.3, -0.25) is 4.79 Å². The van der Waals surface area contributed by atoms with E-state index in [1.54, 1.807) is 7.11 Å². The lowest BCUT2D eigenvalue weighted by Gasteiger charge is -2.38. The van der Waals surface area contributed by atoms with E-state index in [4.69, 9.17) is 21.1 Å². The first kappa shape index (κ1) is 24.7. The van der Waals surface area contributed by atoms with Crippen molar-refractivity contribution in [2.75, 3.05) is 12.0 Å². The number of methoxy groups -OCH3 is 1. The highest BCUT2D eigenvalue weighted by molar-refractivity contribution is 6.30. The van der Waals surface area contributed by atoms with E-state index in [9.17, 15) is 9.90 Å². The number of aliphatic hydroxyl groups is 1. The molecule has 1 fully saturated rings. The monoisotopic (exact) mass is 505 g/mol. The number of hydrogen-bond donors (Lipinski definition) is 1. The van der Waals surface area contributed by atoms with E-state index < -0.39 is 5.60 Å². The van der Waals surface area contributed by atoms with E-state index in [0.29, 0.717) is 16.5 Å². The second-order valence-corrected chi connectivity index (χ2v) is 10.5. The van der Waals surface area contributed by atoms with E-state index in [1.165, 1.54) is 0 Å². The topological polar surface area (TPSA) is 59.0 Å². The summed E-state index contributed by atoms with van der Waals surface area (Å²) < 4.78 is 11.7. The van der Waals surface area contributed by atoms with Crippen molar-refractivity contribution in [1.29, 1.82) is 0 Å². The molecule has 1 amide bonds. The van der Waals surface area contributed by atoms with Gasteiger partial charge in [-0.2, -0.15) is 0 Å². The number of rotatable bonds is 6. The van der Waals surface area contributed by atoms with Gasteiger partial charge in [-0.15, -0.1) is 0 Å². The number of fused-ring (bicyclic) bond motifs is 1. The van der Waals surface area contributed by atoms with Crippen molar-refractivity contribution in [3.05, 3.63) is 87.9 Å². The van der Waals surface area contributed by atoms with Crippen molar-refractivity contribution < 1.29 is 19.4 Å². The summed E-state index contributed by atoms with van der Waals surface area (Å²) in [7, 11) is 1.61. The van der Waals surface area contributed by atoms with Crippen molar-refractivity contribution in [2.24, 2.45) is 0 Å². The Morgan fingerprint density at radius 3 is 2.28 bits per heavy atom. The summed E-state index contributed by atoms with van der Waals surface area (Å²) in [6.07, 6.45) is 3.84. The van der Waals surface area contributed by atoms with Gasteiger partial charge in [0.25, 0.3) is 0 Å². The normalized spacial score (nSPS) is 18.9. The number of benzene rings is 3. The first-order valence-electron chi connectivity index (χ1n) is 12.6. The van der Waals surface area contributed by atoms with Crippen LogP contribution in [0.4, 0.5) is 5.69 Å². The van der Waals surface area contributed by atoms with Crippen molar-refractivity contribution in [2.45, 2.75) is 63.7 Å². The summed E-state index contributed by atoms with van der Waals surface area (Å²) in [5.74, 6) is 1.26. The molecule has 1 aliphatic carbocycles. The zero-order chi connectivity index (χ0) is 25.4. The van der Waals surface area contributed by atoms with Crippen molar-refractivity contribution in [1.82, 2.24) is 0 Å². The third-order valence-corrected chi connectivity index (χ3v) is 7.50. The lowest BCUT2D eigenvalue weighted by atomic mass is 9.86. The van der Waals surface area contributed by atoms with Gasteiger partial charge in [0.1, 0.15) is 0 Å². The van der Waals surface area contributed by atoms with Gasteiger partial charge >= 0.3 is 0 Å². The number of halogens is 1. The molecule has 2 aliphatic rings. The van der Waals surface area contributed by atoms with E-state index in [1.807, 2.05) is 79.4 Å². The van der Waals surface area contributed by atoms with E-state index in [2.05, 4.69) is 0 Å². The van der Waals surface area contributed by atoms with Gasteiger partial charge in [0.05, 0.1) is 31.3 Å². The van der Waals surface area contributed by atoms with Crippen molar-refractivity contribution in [3.63, 3.8) is 0 Å². The summed E-state index contributed by atoms with van der Waals surface area (Å²) >= 11 is 6.21. The van der Waals surface area contributed by atoms with E-state index >= 15 is 0 Å². The number of carbonyl (C=O) groups excluding carboxylic acids is 1. The molecule has 5 nitrogen and oxygen atoms in total. The Labute approximate surface area is 217 Å². The number of amides is 1. The second-order valence-electron chi connectivity index (χ2n) is 10.0. The lowest BCUT2D eigenvalue weighted by Crippen LogP contribution is -2.41. The van der Waals surface area contributed by atoms with Crippen LogP contribution in [-0.4, -0.2) is 24.2 Å². The van der Waals surface area contributed by atoms with Crippen LogP contribution < -0.4 is 14.4 Å². The van der Waals surface area contributed by atoms with Gasteiger partial charge in [0.2, 0.25) is 5.91 Å². The molecule has 3 aromatic carbocycles. The Balaban J connectivity index is 1.62. The summed E-state index contributed by atoms with van der Waals surface area (Å²) in [6.45, 7) is 3.95. The second kappa shape index (κ2) is 9.79. The van der Waals surface area contributed by atoms with E-state index in [-0.39, 0.29) is 24.5 Å². The van der Waals surface area contributed by atoms with Crippen molar-refractivity contribution >= 4 is 23.2 Å². The predicted molar refractivity (Wildman–Crippen MR) is 142 cm³/mol. The Kier molecular flexibility index (Phi) is 6.71. The first-order valence-corrected chi connectivity index (χ1v) is 12.9. The number of hydrogen-bond acceptors (Lipinski definition) is 4. The average Bonchev–Trinajstić information content (AvgIpc) is 3.31. The van der Waals surface area contributed by atoms with Gasteiger partial charge in [0, 0.05) is 10.7 Å². The van der Waals surface area contributed by atoms with Gasteiger partial charge < -0.3 is 19.5 Å². The number of carbonyl (C=O) groups is 1. The molecule has 1 N–H and O–H groups in total. The summed E-state index contributed by atoms with van der Waals surface area (Å²) in [6, 6.07) is 19.0. The highest BCUT2D eigenvalue weighted by Gasteiger charge is 2.37. The molecule has 5 rings (SSSR count). The quantitative estimate of drug-likeness (QED) is 0.411. The molecule has 0 radical (unpaired) electrons. The molecule has 6 heteroatoms. The minimum Gasteiger partial charge on any atom is -0.493 e. The third kappa shape index (κ3) is 4.58. The third-order valence-electron chi connectivity index (χ3n) is 7.25. The minimum absolute atomic E-state index is 0.00522. The summed E-state index contributed by atoms with van der Waals surface area (Å²) in [5.41, 5.74) is 3.79. The minimum atomic E-state index is -0.772. The predicted octanol–water partition coefficient (Wildman–Crippen LogP) is 6.58. The van der Waals surface area contributed by atoms with Crippen LogP contribution in [0.2, 0.25) is 5.02 Å². The average molecular weight is 506 g/mol. The fourth-order valence-corrected chi connectivity index (χ4v) is 5.64. The van der Waals surface area contributed by atoms with E-state index in [0.717, 1.165) is 53.6 Å². The Hall–Kier alpha value is -3.02. The fraction of sp³-hybridized carbons (Fsp3) is 0.367. The van der Waals surface area contributed by atoms with Crippen LogP contribution in [-0.2, 0) is 16.8 Å². The molecule has 36 heavy (non-hydrogen) atoms. The molecule has 1 aliphatic heterocycles. The number of ether oxygens (including phenoxy) is 2. The van der Waals surface area contributed by atoms with Crippen LogP contribution in [0.15, 0.2) is 60.7 Å². The van der Waals surface area contributed by atoms with Crippen LogP contribution >= 0.6 is 11.6 Å². The maximum absolute atomic E-state index is 13.7. The van der Waals surface area contributed by atoms with Gasteiger partial charge in [0.15, 0.2) is 11.5 Å². The molecule has 0 bridgehead atoms. The zero-order valence-electron chi connectivity index (χ0n) is 21.0. The molecule has 188 valence electrons. The fourth-order valence-electron chi connectivity index (χ4n) is 5.51. The SMILES string of the molecule is COc1cc2c(cc1OC(C)C)[C@H](c1ccc(Cl)cc1)N(c1ccc(C3(O)CCCC3)cc1)C(=O)C2. The highest BCUT2D eigenvalue weighted by atomic mass is 35.5. The molecule has 0 unspecified atom stereocenters. The smallest absolute Gasteiger partial charge is 0.232 e. The lowest BCUT2D eigenvalue weighted by molar-refractivity contribution is -0.118. The first-order chi connectivity index (χ1) is 17.3. The standard InChI is InChI=1S/C30H32ClNO4/c1-19(2)36-27-18-25-21(16-26(27)35-3)17-28(33)32(29(25)20-6-10-23(31)11-7-20)24-12-8-22(9-13-24)30(34)14-4-5-15-30/h6-13,16,18-19,29,34H,4-5,14-15,17H2,1-3H3/t29-/m0/s1. The molecular formula is C30H32ClNO4. The van der Waals surface area contributed by atoms with Crippen LogP contribution in [0.3, 0.4) is 0 Å². The molecule has 3 aromatic rings. The van der Waals surface area contributed by atoms with Gasteiger partial charge in [-0.25, -0.2) is 0 Å². The molecule has 0 aromatic heterocycles. The molecule has 0 saturated heterocycles. The molecule has 1 saturated carbocycles. The summed E-state index contributed by atoms with van der Waals surface area (Å²) in [4.78, 5) is 15.5. The molecule has 1 heterocycles. The number of nitrogens with zero attached hydrogens (tertiary/aromatic N) is 1. The Morgan fingerprint density at radius 2 is 1.67 bits per heavy atom. The molecule has 1 atom stereocenters. The van der Waals surface area contributed by atoms with Crippen LogP contribution in [0, 0.1) is 0 Å². The van der Waals surface area contributed by atoms with Gasteiger partial charge in [-0.05, 0) is 85.3 Å². The zero-order valence-corrected chi connectivity index (χ0v) is 21.7. The van der Waals surface area contributed by atoms with Gasteiger partial charge in [-0.1, -0.05) is 48.7 Å². The maximum atomic E-state index is 13.7. The Bertz CT molecular complexity index is 1250. The molecular weight excluding hydrogens is 474 g/mol. The highest BCUT2D eigenvalue weighted by Crippen LogP contribution is 2.45. The molecule has 0 spiro atoms. The van der Waals surface area contributed by atoms with Crippen molar-refractivity contribution in [3.8, 4) is 11.5 Å². The largest absolute Gasteiger partial charge is 0.493 e. The van der Waals surface area contributed by atoms with Crippen LogP contribution in [0.5, 0.6) is 11.5 Å². The number of anilines is 1. The van der Waals surface area contributed by atoms with Crippen LogP contribution in [0.25, 0.3) is 0 Å². The van der Waals surface area contributed by atoms with Crippen LogP contribution in [0.1, 0.15) is 67.8 Å². The maximum Gasteiger partial charge on any atom is 0.232 e.